The maximum atomic E-state index is 13.6. The second-order valence-corrected chi connectivity index (χ2v) is 12.1. The minimum atomic E-state index is -0.153. The maximum Gasteiger partial charge on any atom is 0.258 e. The van der Waals surface area contributed by atoms with E-state index in [0.29, 0.717) is 28.0 Å². The predicted octanol–water partition coefficient (Wildman–Crippen LogP) is 4.77. The van der Waals surface area contributed by atoms with Crippen LogP contribution in [0.2, 0.25) is 0 Å². The van der Waals surface area contributed by atoms with Crippen molar-refractivity contribution in [3.05, 3.63) is 35.9 Å². The molecule has 2 saturated carbocycles. The number of benzene rings is 1. The Hall–Kier alpha value is -2.65. The zero-order chi connectivity index (χ0) is 25.5. The lowest BCUT2D eigenvalue weighted by Gasteiger charge is -2.35. The standard InChI is InChI=1S/C28H37N5O3S/c1-36-23-4-5-24(29-25(23)33-15-12-28(19-33)8-9-28)30-26(35)21-3-2-20(31-37-17-16-34)18-22(21)32-13-10-27(6-7-27)11-14-32/h2-5,18,31,34H,6-17,19H2,1H3,(H,29,30,35). The number of piperidine rings is 1. The number of rotatable bonds is 9. The normalized spacial score (nSPS) is 20.8. The van der Waals surface area contributed by atoms with Crippen LogP contribution in [0, 0.1) is 10.8 Å². The predicted molar refractivity (Wildman–Crippen MR) is 150 cm³/mol. The van der Waals surface area contributed by atoms with Crippen LogP contribution in [0.1, 0.15) is 55.3 Å². The number of anilines is 4. The van der Waals surface area contributed by atoms with Crippen molar-refractivity contribution in [2.24, 2.45) is 10.8 Å². The Morgan fingerprint density at radius 3 is 2.43 bits per heavy atom. The van der Waals surface area contributed by atoms with E-state index in [1.165, 1.54) is 56.9 Å². The lowest BCUT2D eigenvalue weighted by Crippen LogP contribution is -2.35. The highest BCUT2D eigenvalue weighted by molar-refractivity contribution is 8.00. The number of hydrogen-bond donors (Lipinski definition) is 3. The molecule has 1 aromatic carbocycles. The van der Waals surface area contributed by atoms with Gasteiger partial charge in [-0.1, -0.05) is 11.9 Å². The number of amides is 1. The number of aliphatic hydroxyl groups is 1. The van der Waals surface area contributed by atoms with Gasteiger partial charge in [-0.3, -0.25) is 4.79 Å². The summed E-state index contributed by atoms with van der Waals surface area (Å²) in [6.45, 7) is 4.04. The van der Waals surface area contributed by atoms with E-state index >= 15 is 0 Å². The SMILES string of the molecule is COc1ccc(NC(=O)c2ccc(NSCCO)cc2N2CCC3(CC2)CC3)nc1N1CCC2(CC2)C1. The zero-order valence-electron chi connectivity index (χ0n) is 21.6. The van der Waals surface area contributed by atoms with Crippen LogP contribution in [0.5, 0.6) is 5.75 Å². The molecule has 37 heavy (non-hydrogen) atoms. The lowest BCUT2D eigenvalue weighted by atomic mass is 9.93. The number of carbonyl (C=O) groups excluding carboxylic acids is 1. The maximum absolute atomic E-state index is 13.6. The summed E-state index contributed by atoms with van der Waals surface area (Å²) in [4.78, 5) is 23.1. The number of pyridine rings is 1. The average Bonchev–Trinajstić information content (AvgIpc) is 3.82. The fourth-order valence-corrected chi connectivity index (χ4v) is 6.39. The number of aromatic nitrogens is 1. The Balaban J connectivity index is 1.23. The molecular formula is C28H37N5O3S. The summed E-state index contributed by atoms with van der Waals surface area (Å²) < 4.78 is 8.92. The van der Waals surface area contributed by atoms with Crippen molar-refractivity contribution >= 4 is 40.9 Å². The largest absolute Gasteiger partial charge is 0.493 e. The van der Waals surface area contributed by atoms with Crippen molar-refractivity contribution in [2.75, 3.05) is 65.5 Å². The van der Waals surface area contributed by atoms with Gasteiger partial charge in [-0.25, -0.2) is 4.98 Å². The summed E-state index contributed by atoms with van der Waals surface area (Å²) >= 11 is 1.46. The molecule has 2 saturated heterocycles. The number of aliphatic hydroxyl groups excluding tert-OH is 1. The van der Waals surface area contributed by atoms with E-state index in [4.69, 9.17) is 14.8 Å². The topological polar surface area (TPSA) is 90.0 Å². The van der Waals surface area contributed by atoms with Crippen molar-refractivity contribution in [1.82, 2.24) is 4.98 Å². The van der Waals surface area contributed by atoms with E-state index in [1.54, 1.807) is 7.11 Å². The van der Waals surface area contributed by atoms with Crippen LogP contribution in [-0.4, -0.2) is 61.6 Å². The van der Waals surface area contributed by atoms with Gasteiger partial charge in [0.1, 0.15) is 5.82 Å². The number of hydrogen-bond acceptors (Lipinski definition) is 8. The molecule has 198 valence electrons. The Kier molecular flexibility index (Phi) is 6.61. The van der Waals surface area contributed by atoms with Gasteiger partial charge in [-0.15, -0.1) is 0 Å². The van der Waals surface area contributed by atoms with Gasteiger partial charge in [0, 0.05) is 37.6 Å². The number of nitrogens with one attached hydrogen (secondary N) is 2. The smallest absolute Gasteiger partial charge is 0.258 e. The van der Waals surface area contributed by atoms with Crippen LogP contribution in [0.4, 0.5) is 23.0 Å². The second kappa shape index (κ2) is 9.91. The fourth-order valence-electron chi connectivity index (χ4n) is 5.90. The first-order valence-corrected chi connectivity index (χ1v) is 14.5. The van der Waals surface area contributed by atoms with Crippen LogP contribution in [0.15, 0.2) is 30.3 Å². The van der Waals surface area contributed by atoms with E-state index in [9.17, 15) is 4.79 Å². The summed E-state index contributed by atoms with van der Waals surface area (Å²) in [5.41, 5.74) is 3.57. The van der Waals surface area contributed by atoms with Crippen molar-refractivity contribution < 1.29 is 14.6 Å². The molecule has 1 amide bonds. The molecule has 6 rings (SSSR count). The van der Waals surface area contributed by atoms with Crippen molar-refractivity contribution in [3.63, 3.8) is 0 Å². The van der Waals surface area contributed by atoms with E-state index in [1.807, 2.05) is 24.3 Å². The Labute approximate surface area is 223 Å². The number of carbonyl (C=O) groups is 1. The van der Waals surface area contributed by atoms with Crippen LogP contribution in [0.3, 0.4) is 0 Å². The van der Waals surface area contributed by atoms with Crippen LogP contribution >= 0.6 is 11.9 Å². The molecular weight excluding hydrogens is 486 g/mol. The highest BCUT2D eigenvalue weighted by Gasteiger charge is 2.48. The molecule has 9 heteroatoms. The van der Waals surface area contributed by atoms with Crippen LogP contribution in [0.25, 0.3) is 0 Å². The zero-order valence-corrected chi connectivity index (χ0v) is 22.4. The fraction of sp³-hybridized carbons (Fsp3) is 0.571. The monoisotopic (exact) mass is 523 g/mol. The van der Waals surface area contributed by atoms with Gasteiger partial charge in [-0.05, 0) is 86.1 Å². The van der Waals surface area contributed by atoms with Gasteiger partial charge in [0.15, 0.2) is 11.6 Å². The molecule has 8 nitrogen and oxygen atoms in total. The minimum absolute atomic E-state index is 0.120. The first kappa shape index (κ1) is 24.7. The van der Waals surface area contributed by atoms with Crippen LogP contribution in [-0.2, 0) is 0 Å². The minimum Gasteiger partial charge on any atom is -0.493 e. The third kappa shape index (κ3) is 5.21. The molecule has 0 atom stereocenters. The molecule has 2 spiro atoms. The molecule has 0 unspecified atom stereocenters. The number of nitrogens with zero attached hydrogens (tertiary/aromatic N) is 3. The molecule has 0 radical (unpaired) electrons. The summed E-state index contributed by atoms with van der Waals surface area (Å²) in [7, 11) is 1.67. The molecule has 4 aliphatic rings. The third-order valence-electron chi connectivity index (χ3n) is 8.74. The molecule has 4 fully saturated rings. The van der Waals surface area contributed by atoms with Gasteiger partial charge in [0.05, 0.1) is 25.0 Å². The Morgan fingerprint density at radius 2 is 1.76 bits per heavy atom. The third-order valence-corrected chi connectivity index (χ3v) is 9.51. The number of methoxy groups -OCH3 is 1. The van der Waals surface area contributed by atoms with E-state index < -0.39 is 0 Å². The molecule has 3 heterocycles. The molecule has 2 aliphatic carbocycles. The van der Waals surface area contributed by atoms with Crippen LogP contribution < -0.4 is 24.6 Å². The van der Waals surface area contributed by atoms with E-state index in [2.05, 4.69) is 25.9 Å². The molecule has 2 aromatic rings. The summed E-state index contributed by atoms with van der Waals surface area (Å²) in [6.07, 6.45) is 8.86. The molecule has 1 aromatic heterocycles. The number of ether oxygens (including phenoxy) is 1. The highest BCUT2D eigenvalue weighted by atomic mass is 32.2. The van der Waals surface area contributed by atoms with Gasteiger partial charge in [0.2, 0.25) is 0 Å². The average molecular weight is 524 g/mol. The summed E-state index contributed by atoms with van der Waals surface area (Å²) in [6, 6.07) is 9.62. The molecule has 2 aliphatic heterocycles. The van der Waals surface area contributed by atoms with Gasteiger partial charge < -0.3 is 29.7 Å². The summed E-state index contributed by atoms with van der Waals surface area (Å²) in [5.74, 6) is 2.55. The first-order chi connectivity index (χ1) is 18.0. The van der Waals surface area contributed by atoms with Gasteiger partial charge in [-0.2, -0.15) is 0 Å². The Bertz CT molecular complexity index is 1160. The van der Waals surface area contributed by atoms with Gasteiger partial charge in [0.25, 0.3) is 5.91 Å². The van der Waals surface area contributed by atoms with Crippen molar-refractivity contribution in [1.29, 1.82) is 0 Å². The molecule has 0 bridgehead atoms. The highest BCUT2D eigenvalue weighted by Crippen LogP contribution is 2.55. The van der Waals surface area contributed by atoms with Crippen molar-refractivity contribution in [2.45, 2.75) is 44.9 Å². The van der Waals surface area contributed by atoms with E-state index in [-0.39, 0.29) is 12.5 Å². The summed E-state index contributed by atoms with van der Waals surface area (Å²) in [5, 5.41) is 12.2. The second-order valence-electron chi connectivity index (χ2n) is 11.2. The van der Waals surface area contributed by atoms with E-state index in [0.717, 1.165) is 49.1 Å². The van der Waals surface area contributed by atoms with Gasteiger partial charge >= 0.3 is 0 Å². The Morgan fingerprint density at radius 1 is 1.03 bits per heavy atom. The lowest BCUT2D eigenvalue weighted by molar-refractivity contribution is 0.102. The van der Waals surface area contributed by atoms with Crippen molar-refractivity contribution in [3.8, 4) is 5.75 Å². The quantitative estimate of drug-likeness (QED) is 0.320. The first-order valence-electron chi connectivity index (χ1n) is 13.5. The molecule has 3 N–H and O–H groups in total.